The molecule has 2 aliphatic rings. The molecule has 11 heavy (non-hydrogen) atoms. The van der Waals surface area contributed by atoms with Crippen LogP contribution in [0.25, 0.3) is 0 Å². The summed E-state index contributed by atoms with van der Waals surface area (Å²) < 4.78 is 0. The average molecular weight is 151 g/mol. The first-order valence-electron chi connectivity index (χ1n) is 4.89. The highest BCUT2D eigenvalue weighted by atomic mass is 14.9. The van der Waals surface area contributed by atoms with E-state index in [9.17, 15) is 0 Å². The molecule has 0 atom stereocenters. The van der Waals surface area contributed by atoms with Gasteiger partial charge in [-0.2, -0.15) is 0 Å². The summed E-state index contributed by atoms with van der Waals surface area (Å²) >= 11 is 0. The third-order valence-electron chi connectivity index (χ3n) is 2.98. The summed E-state index contributed by atoms with van der Waals surface area (Å²) in [6.45, 7) is 1.19. The maximum Gasteiger partial charge on any atom is 0.0179 e. The largest absolute Gasteiger partial charge is 0.391 e. The van der Waals surface area contributed by atoms with Gasteiger partial charge in [0.15, 0.2) is 0 Å². The molecule has 1 aliphatic carbocycles. The van der Waals surface area contributed by atoms with Gasteiger partial charge in [-0.15, -0.1) is 0 Å². The van der Waals surface area contributed by atoms with Crippen LogP contribution in [0.2, 0.25) is 0 Å². The van der Waals surface area contributed by atoms with Gasteiger partial charge in [0.1, 0.15) is 0 Å². The van der Waals surface area contributed by atoms with Crippen molar-refractivity contribution in [1.29, 1.82) is 0 Å². The summed E-state index contributed by atoms with van der Waals surface area (Å²) in [5.41, 5.74) is 1.70. The van der Waals surface area contributed by atoms with Gasteiger partial charge in [0.25, 0.3) is 0 Å². The van der Waals surface area contributed by atoms with Crippen LogP contribution in [-0.2, 0) is 0 Å². The predicted octanol–water partition coefficient (Wildman–Crippen LogP) is 2.44. The van der Waals surface area contributed by atoms with E-state index in [0.29, 0.717) is 0 Å². The first-order valence-corrected chi connectivity index (χ1v) is 4.89. The molecule has 2 rings (SSSR count). The zero-order chi connectivity index (χ0) is 7.52. The molecule has 1 N–H and O–H groups in total. The lowest BCUT2D eigenvalue weighted by Crippen LogP contribution is -2.07. The van der Waals surface area contributed by atoms with Crippen LogP contribution in [0.3, 0.4) is 0 Å². The van der Waals surface area contributed by atoms with Gasteiger partial charge in [0, 0.05) is 6.54 Å². The van der Waals surface area contributed by atoms with Crippen LogP contribution in [0.1, 0.15) is 38.5 Å². The second-order valence-electron chi connectivity index (χ2n) is 3.76. The van der Waals surface area contributed by atoms with Gasteiger partial charge in [0.05, 0.1) is 0 Å². The van der Waals surface area contributed by atoms with E-state index in [4.69, 9.17) is 0 Å². The molecular formula is C10H17N. The van der Waals surface area contributed by atoms with E-state index >= 15 is 0 Å². The molecule has 62 valence electrons. The van der Waals surface area contributed by atoms with Crippen LogP contribution < -0.4 is 5.32 Å². The summed E-state index contributed by atoms with van der Waals surface area (Å²) in [6, 6.07) is 0. The molecule has 0 unspecified atom stereocenters. The predicted molar refractivity (Wildman–Crippen MR) is 47.3 cm³/mol. The van der Waals surface area contributed by atoms with Crippen LogP contribution in [0.15, 0.2) is 11.8 Å². The van der Waals surface area contributed by atoms with E-state index in [0.717, 1.165) is 5.92 Å². The average Bonchev–Trinajstić information content (AvgIpc) is 2.58. The Morgan fingerprint density at radius 1 is 1.18 bits per heavy atom. The van der Waals surface area contributed by atoms with Gasteiger partial charge < -0.3 is 5.32 Å². The molecule has 0 bridgehead atoms. The van der Waals surface area contributed by atoms with Crippen LogP contribution in [0.4, 0.5) is 0 Å². The number of hydrogen-bond donors (Lipinski definition) is 1. The zero-order valence-corrected chi connectivity index (χ0v) is 7.10. The summed E-state index contributed by atoms with van der Waals surface area (Å²) in [4.78, 5) is 0. The van der Waals surface area contributed by atoms with Gasteiger partial charge in [0.2, 0.25) is 0 Å². The van der Waals surface area contributed by atoms with E-state index < -0.39 is 0 Å². The monoisotopic (exact) mass is 151 g/mol. The SMILES string of the molecule is C1=C(C2CCCCC2)CCN1. The highest BCUT2D eigenvalue weighted by molar-refractivity contribution is 5.11. The Bertz CT molecular complexity index is 154. The number of nitrogens with one attached hydrogen (secondary N) is 1. The van der Waals surface area contributed by atoms with Crippen molar-refractivity contribution < 1.29 is 0 Å². The van der Waals surface area contributed by atoms with Crippen LogP contribution in [-0.4, -0.2) is 6.54 Å². The number of hydrogen-bond acceptors (Lipinski definition) is 1. The van der Waals surface area contributed by atoms with E-state index in [-0.39, 0.29) is 0 Å². The molecule has 1 nitrogen and oxygen atoms in total. The Labute approximate surface area is 68.9 Å². The van der Waals surface area contributed by atoms with E-state index in [1.807, 2.05) is 0 Å². The lowest BCUT2D eigenvalue weighted by Gasteiger charge is -2.22. The molecule has 0 saturated heterocycles. The van der Waals surface area contributed by atoms with Crippen molar-refractivity contribution in [2.45, 2.75) is 38.5 Å². The number of rotatable bonds is 1. The first-order chi connectivity index (χ1) is 5.47. The molecule has 0 aromatic rings. The van der Waals surface area contributed by atoms with E-state index in [1.54, 1.807) is 5.57 Å². The lowest BCUT2D eigenvalue weighted by atomic mass is 9.83. The summed E-state index contributed by atoms with van der Waals surface area (Å²) in [5.74, 6) is 0.943. The van der Waals surface area contributed by atoms with E-state index in [1.165, 1.54) is 45.1 Å². The van der Waals surface area contributed by atoms with Gasteiger partial charge in [-0.1, -0.05) is 19.3 Å². The summed E-state index contributed by atoms with van der Waals surface area (Å²) in [6.07, 6.45) is 10.9. The Morgan fingerprint density at radius 2 is 2.00 bits per heavy atom. The molecule has 1 heteroatoms. The van der Waals surface area contributed by atoms with Gasteiger partial charge in [-0.05, 0) is 37.0 Å². The van der Waals surface area contributed by atoms with Gasteiger partial charge >= 0.3 is 0 Å². The van der Waals surface area contributed by atoms with Crippen molar-refractivity contribution >= 4 is 0 Å². The second-order valence-corrected chi connectivity index (χ2v) is 3.76. The van der Waals surface area contributed by atoms with Gasteiger partial charge in [-0.25, -0.2) is 0 Å². The molecule has 0 amide bonds. The van der Waals surface area contributed by atoms with Crippen molar-refractivity contribution in [3.63, 3.8) is 0 Å². The zero-order valence-electron chi connectivity index (χ0n) is 7.10. The van der Waals surface area contributed by atoms with E-state index in [2.05, 4.69) is 11.5 Å². The van der Waals surface area contributed by atoms with Crippen molar-refractivity contribution in [2.75, 3.05) is 6.54 Å². The minimum Gasteiger partial charge on any atom is -0.391 e. The molecule has 1 saturated carbocycles. The van der Waals surface area contributed by atoms with Gasteiger partial charge in [-0.3, -0.25) is 0 Å². The van der Waals surface area contributed by atoms with Crippen molar-refractivity contribution in [1.82, 2.24) is 5.32 Å². The van der Waals surface area contributed by atoms with Crippen molar-refractivity contribution in [3.05, 3.63) is 11.8 Å². The maximum absolute atomic E-state index is 3.31. The normalized spacial score (nSPS) is 26.4. The fourth-order valence-corrected chi connectivity index (χ4v) is 2.29. The fraction of sp³-hybridized carbons (Fsp3) is 0.800. The standard InChI is InChI=1S/C10H17N/c1-2-4-9(5-3-1)10-6-7-11-8-10/h8-9,11H,1-7H2. The summed E-state index contributed by atoms with van der Waals surface area (Å²) in [5, 5.41) is 3.31. The molecule has 0 radical (unpaired) electrons. The quantitative estimate of drug-likeness (QED) is 0.607. The van der Waals surface area contributed by atoms with Crippen LogP contribution >= 0.6 is 0 Å². The third kappa shape index (κ3) is 1.58. The Morgan fingerprint density at radius 3 is 2.64 bits per heavy atom. The highest BCUT2D eigenvalue weighted by Crippen LogP contribution is 2.31. The molecule has 1 heterocycles. The van der Waals surface area contributed by atoms with Crippen molar-refractivity contribution in [2.24, 2.45) is 5.92 Å². The lowest BCUT2D eigenvalue weighted by molar-refractivity contribution is 0.398. The third-order valence-corrected chi connectivity index (χ3v) is 2.98. The Hall–Kier alpha value is -0.460. The summed E-state index contributed by atoms with van der Waals surface area (Å²) in [7, 11) is 0. The fourth-order valence-electron chi connectivity index (χ4n) is 2.29. The molecule has 0 aromatic carbocycles. The van der Waals surface area contributed by atoms with Crippen molar-refractivity contribution in [3.8, 4) is 0 Å². The smallest absolute Gasteiger partial charge is 0.0179 e. The molecule has 1 fully saturated rings. The van der Waals surface area contributed by atoms with Crippen LogP contribution in [0.5, 0.6) is 0 Å². The Balaban J connectivity index is 1.92. The Kier molecular flexibility index (Phi) is 2.16. The molecular weight excluding hydrogens is 134 g/mol. The minimum absolute atomic E-state index is 0.943. The minimum atomic E-state index is 0.943. The van der Waals surface area contributed by atoms with Crippen LogP contribution in [0, 0.1) is 5.92 Å². The molecule has 1 aliphatic heterocycles. The topological polar surface area (TPSA) is 12.0 Å². The highest BCUT2D eigenvalue weighted by Gasteiger charge is 2.18. The molecule has 0 spiro atoms. The second kappa shape index (κ2) is 3.29. The molecule has 0 aromatic heterocycles. The maximum atomic E-state index is 3.31. The first kappa shape index (κ1) is 7.20.